The van der Waals surface area contributed by atoms with Crippen LogP contribution < -0.4 is 11.4 Å². The summed E-state index contributed by atoms with van der Waals surface area (Å²) in [7, 11) is 0. The zero-order valence-electron chi connectivity index (χ0n) is 9.72. The summed E-state index contributed by atoms with van der Waals surface area (Å²) >= 11 is 0. The summed E-state index contributed by atoms with van der Waals surface area (Å²) < 4.78 is 6.28. The van der Waals surface area contributed by atoms with Crippen molar-refractivity contribution >= 4 is 5.82 Å². The molecule has 0 aromatic carbocycles. The van der Waals surface area contributed by atoms with Gasteiger partial charge in [-0.3, -0.25) is 4.57 Å². The minimum absolute atomic E-state index is 0.1000. The lowest BCUT2D eigenvalue weighted by Crippen LogP contribution is -2.36. The molecule has 2 rings (SSSR count). The van der Waals surface area contributed by atoms with E-state index in [1.807, 2.05) is 0 Å². The van der Waals surface area contributed by atoms with Crippen molar-refractivity contribution in [1.29, 1.82) is 0 Å². The van der Waals surface area contributed by atoms with Gasteiger partial charge in [-0.2, -0.15) is 4.98 Å². The van der Waals surface area contributed by atoms with Crippen LogP contribution in [-0.4, -0.2) is 49.8 Å². The number of nitrogens with zero attached hydrogens (tertiary/aromatic N) is 2. The highest BCUT2D eigenvalue weighted by Gasteiger charge is 2.43. The Morgan fingerprint density at radius 1 is 1.50 bits per heavy atom. The number of nitrogen functional groups attached to an aromatic ring is 1. The van der Waals surface area contributed by atoms with E-state index in [0.29, 0.717) is 5.56 Å². The maximum atomic E-state index is 11.7. The van der Waals surface area contributed by atoms with E-state index in [0.717, 1.165) is 4.57 Å². The first-order valence-corrected chi connectivity index (χ1v) is 5.43. The van der Waals surface area contributed by atoms with Gasteiger partial charge in [0.05, 0.1) is 6.61 Å². The van der Waals surface area contributed by atoms with Gasteiger partial charge in [0.2, 0.25) is 0 Å². The third-order valence-electron chi connectivity index (χ3n) is 2.97. The van der Waals surface area contributed by atoms with E-state index in [2.05, 4.69) is 4.98 Å². The van der Waals surface area contributed by atoms with E-state index in [4.69, 9.17) is 15.6 Å². The molecule has 1 aliphatic rings. The summed E-state index contributed by atoms with van der Waals surface area (Å²) in [6.07, 6.45) is -3.20. The number of aromatic nitrogens is 2. The fraction of sp³-hybridized carbons (Fsp3) is 0.600. The third-order valence-corrected chi connectivity index (χ3v) is 2.97. The first-order valence-electron chi connectivity index (χ1n) is 5.43. The maximum Gasteiger partial charge on any atom is 0.351 e. The van der Waals surface area contributed by atoms with Crippen LogP contribution in [0.25, 0.3) is 0 Å². The Labute approximate surface area is 102 Å². The Kier molecular flexibility index (Phi) is 3.35. The van der Waals surface area contributed by atoms with Gasteiger partial charge in [-0.1, -0.05) is 0 Å². The van der Waals surface area contributed by atoms with E-state index >= 15 is 0 Å². The monoisotopic (exact) mass is 257 g/mol. The average Bonchev–Trinajstić information content (AvgIpc) is 2.61. The lowest BCUT2D eigenvalue weighted by molar-refractivity contribution is -0.0550. The van der Waals surface area contributed by atoms with Gasteiger partial charge in [0.25, 0.3) is 0 Å². The van der Waals surface area contributed by atoms with Crippen LogP contribution in [0.3, 0.4) is 0 Å². The number of ether oxygens (including phenoxy) is 1. The number of aliphatic hydroxyl groups excluding tert-OH is 3. The van der Waals surface area contributed by atoms with Crippen molar-refractivity contribution in [2.75, 3.05) is 12.3 Å². The molecule has 0 saturated carbocycles. The molecule has 8 nitrogen and oxygen atoms in total. The van der Waals surface area contributed by atoms with Crippen LogP contribution in [0.2, 0.25) is 0 Å². The van der Waals surface area contributed by atoms with Crippen LogP contribution in [0.15, 0.2) is 11.0 Å². The first-order chi connectivity index (χ1) is 8.45. The molecule has 1 aromatic rings. The second-order valence-corrected chi connectivity index (χ2v) is 4.23. The lowest BCUT2D eigenvalue weighted by atomic mass is 10.1. The van der Waals surface area contributed by atoms with Crippen LogP contribution in [0.1, 0.15) is 11.8 Å². The molecule has 0 aliphatic carbocycles. The average molecular weight is 257 g/mol. The van der Waals surface area contributed by atoms with Gasteiger partial charge in [0.1, 0.15) is 24.1 Å². The highest BCUT2D eigenvalue weighted by molar-refractivity contribution is 5.35. The minimum atomic E-state index is -1.32. The Bertz CT molecular complexity index is 503. The molecule has 4 atom stereocenters. The molecule has 2 heterocycles. The normalized spacial score (nSPS) is 31.8. The molecular formula is C10H15N3O5. The smallest absolute Gasteiger partial charge is 0.351 e. The number of aryl methyl sites for hydroxylation is 1. The lowest BCUT2D eigenvalue weighted by Gasteiger charge is -2.17. The molecule has 0 bridgehead atoms. The molecule has 0 amide bonds. The van der Waals surface area contributed by atoms with Gasteiger partial charge >= 0.3 is 5.69 Å². The molecule has 100 valence electrons. The van der Waals surface area contributed by atoms with Crippen LogP contribution in [0.5, 0.6) is 0 Å². The van der Waals surface area contributed by atoms with E-state index in [1.54, 1.807) is 6.92 Å². The Balaban J connectivity index is 2.39. The molecule has 8 heteroatoms. The number of hydrogen-bond acceptors (Lipinski definition) is 7. The predicted octanol–water partition coefficient (Wildman–Crippen LogP) is -2.25. The summed E-state index contributed by atoms with van der Waals surface area (Å²) in [5, 5.41) is 28.4. The zero-order chi connectivity index (χ0) is 13.4. The third kappa shape index (κ3) is 1.99. The van der Waals surface area contributed by atoms with E-state index in [-0.39, 0.29) is 5.82 Å². The van der Waals surface area contributed by atoms with Crippen molar-refractivity contribution in [2.24, 2.45) is 0 Å². The van der Waals surface area contributed by atoms with Gasteiger partial charge in [-0.05, 0) is 6.92 Å². The topological polar surface area (TPSA) is 131 Å². The van der Waals surface area contributed by atoms with Crippen LogP contribution >= 0.6 is 0 Å². The summed E-state index contributed by atoms with van der Waals surface area (Å²) in [5.74, 6) is 0.1000. The molecular weight excluding hydrogens is 242 g/mol. The van der Waals surface area contributed by atoms with Gasteiger partial charge in [0.15, 0.2) is 6.23 Å². The van der Waals surface area contributed by atoms with Crippen LogP contribution in [0, 0.1) is 6.92 Å². The number of hydrogen-bond donors (Lipinski definition) is 4. The SMILES string of the molecule is Cc1cn(C2O[C@H](CO)[C@@H](O)[C@H]2O)c(=O)nc1N. The highest BCUT2D eigenvalue weighted by atomic mass is 16.6. The Hall–Kier alpha value is -1.48. The molecule has 1 saturated heterocycles. The van der Waals surface area contributed by atoms with Gasteiger partial charge < -0.3 is 25.8 Å². The van der Waals surface area contributed by atoms with Gasteiger partial charge in [0, 0.05) is 11.8 Å². The number of rotatable bonds is 2. The number of anilines is 1. The largest absolute Gasteiger partial charge is 0.394 e. The van der Waals surface area contributed by atoms with E-state index < -0.39 is 36.8 Å². The summed E-state index contributed by atoms with van der Waals surface area (Å²) in [6.45, 7) is 1.20. The van der Waals surface area contributed by atoms with Crippen molar-refractivity contribution in [2.45, 2.75) is 31.5 Å². The minimum Gasteiger partial charge on any atom is -0.394 e. The molecule has 1 aliphatic heterocycles. The summed E-state index contributed by atoms with van der Waals surface area (Å²) in [6, 6.07) is 0. The van der Waals surface area contributed by atoms with Gasteiger partial charge in [-0.15, -0.1) is 0 Å². The molecule has 1 unspecified atom stereocenters. The zero-order valence-corrected chi connectivity index (χ0v) is 9.72. The second kappa shape index (κ2) is 4.65. The molecule has 0 radical (unpaired) electrons. The molecule has 0 spiro atoms. The van der Waals surface area contributed by atoms with Gasteiger partial charge in [-0.25, -0.2) is 4.79 Å². The van der Waals surface area contributed by atoms with E-state index in [9.17, 15) is 15.0 Å². The maximum absolute atomic E-state index is 11.7. The number of nitrogens with two attached hydrogens (primary N) is 1. The fourth-order valence-corrected chi connectivity index (χ4v) is 1.87. The van der Waals surface area contributed by atoms with Crippen molar-refractivity contribution in [3.63, 3.8) is 0 Å². The molecule has 18 heavy (non-hydrogen) atoms. The first kappa shape index (κ1) is 13.0. The predicted molar refractivity (Wildman–Crippen MR) is 60.7 cm³/mol. The summed E-state index contributed by atoms with van der Waals surface area (Å²) in [5.41, 5.74) is 5.35. The second-order valence-electron chi connectivity index (χ2n) is 4.23. The highest BCUT2D eigenvalue weighted by Crippen LogP contribution is 2.28. The number of aliphatic hydroxyl groups is 3. The molecule has 5 N–H and O–H groups in total. The van der Waals surface area contributed by atoms with Crippen molar-refractivity contribution in [3.05, 3.63) is 22.2 Å². The quantitative estimate of drug-likeness (QED) is 0.470. The van der Waals surface area contributed by atoms with Crippen molar-refractivity contribution in [3.8, 4) is 0 Å². The summed E-state index contributed by atoms with van der Waals surface area (Å²) in [4.78, 5) is 15.2. The van der Waals surface area contributed by atoms with Crippen molar-refractivity contribution < 1.29 is 20.1 Å². The Morgan fingerprint density at radius 2 is 2.17 bits per heavy atom. The van der Waals surface area contributed by atoms with E-state index in [1.165, 1.54) is 6.20 Å². The standard InChI is InChI=1S/C10H15N3O5/c1-4-2-13(10(17)12-8(4)11)9-7(16)6(15)5(3-14)18-9/h2,5-7,9,14-16H,3H2,1H3,(H2,11,12,17)/t5-,6-,7-,9?/m1/s1. The fourth-order valence-electron chi connectivity index (χ4n) is 1.87. The molecule has 1 fully saturated rings. The van der Waals surface area contributed by atoms with Crippen LogP contribution in [0.4, 0.5) is 5.82 Å². The van der Waals surface area contributed by atoms with Crippen molar-refractivity contribution in [1.82, 2.24) is 9.55 Å². The molecule has 1 aromatic heterocycles. The Morgan fingerprint density at radius 3 is 2.72 bits per heavy atom. The van der Waals surface area contributed by atoms with Crippen LogP contribution in [-0.2, 0) is 4.74 Å².